The predicted molar refractivity (Wildman–Crippen MR) is 70.9 cm³/mol. The van der Waals surface area contributed by atoms with Gasteiger partial charge >= 0.3 is 5.97 Å². The highest BCUT2D eigenvalue weighted by atomic mass is 16.4. The third-order valence-electron chi connectivity index (χ3n) is 3.16. The SMILES string of the molecule is O=C(O)[C@@H]1C[C@H](O)CN1C(=O)C=Cc1ccc(O)cc1. The number of phenolic OH excluding ortho intramolecular Hbond substituents is 1. The Morgan fingerprint density at radius 1 is 1.25 bits per heavy atom. The second-order valence-electron chi connectivity index (χ2n) is 4.66. The summed E-state index contributed by atoms with van der Waals surface area (Å²) in [5.41, 5.74) is 0.711. The monoisotopic (exact) mass is 277 g/mol. The average molecular weight is 277 g/mol. The van der Waals surface area contributed by atoms with Gasteiger partial charge in [0.2, 0.25) is 5.91 Å². The number of aromatic hydroxyl groups is 1. The lowest BCUT2D eigenvalue weighted by Crippen LogP contribution is -2.39. The lowest BCUT2D eigenvalue weighted by Gasteiger charge is -2.19. The Bertz CT molecular complexity index is 537. The second kappa shape index (κ2) is 5.75. The predicted octanol–water partition coefficient (Wildman–Crippen LogP) is 0.452. The summed E-state index contributed by atoms with van der Waals surface area (Å²) in [6, 6.07) is 5.26. The molecule has 1 aromatic carbocycles. The fourth-order valence-corrected chi connectivity index (χ4v) is 2.14. The van der Waals surface area contributed by atoms with Gasteiger partial charge in [0.05, 0.1) is 6.10 Å². The van der Waals surface area contributed by atoms with Gasteiger partial charge in [-0.15, -0.1) is 0 Å². The summed E-state index contributed by atoms with van der Waals surface area (Å²) in [5, 5.41) is 27.6. The zero-order chi connectivity index (χ0) is 14.7. The summed E-state index contributed by atoms with van der Waals surface area (Å²) in [7, 11) is 0. The summed E-state index contributed by atoms with van der Waals surface area (Å²) < 4.78 is 0. The highest BCUT2D eigenvalue weighted by Gasteiger charge is 2.37. The van der Waals surface area contributed by atoms with Gasteiger partial charge < -0.3 is 20.2 Å². The van der Waals surface area contributed by atoms with Crippen molar-refractivity contribution in [3.63, 3.8) is 0 Å². The number of rotatable bonds is 3. The van der Waals surface area contributed by atoms with E-state index in [1.165, 1.54) is 24.3 Å². The van der Waals surface area contributed by atoms with E-state index >= 15 is 0 Å². The highest BCUT2D eigenvalue weighted by molar-refractivity contribution is 5.94. The third kappa shape index (κ3) is 3.16. The van der Waals surface area contributed by atoms with Crippen LogP contribution in [-0.4, -0.2) is 50.8 Å². The van der Waals surface area contributed by atoms with Crippen molar-refractivity contribution in [2.24, 2.45) is 0 Å². The Balaban J connectivity index is 2.07. The van der Waals surface area contributed by atoms with Crippen LogP contribution in [-0.2, 0) is 9.59 Å². The number of benzene rings is 1. The van der Waals surface area contributed by atoms with Gasteiger partial charge in [0.25, 0.3) is 0 Å². The number of carboxylic acid groups (broad SMARTS) is 1. The Morgan fingerprint density at radius 2 is 1.90 bits per heavy atom. The Kier molecular flexibility index (Phi) is 4.05. The molecule has 1 heterocycles. The maximum Gasteiger partial charge on any atom is 0.326 e. The first-order valence-corrected chi connectivity index (χ1v) is 6.16. The molecule has 106 valence electrons. The minimum Gasteiger partial charge on any atom is -0.508 e. The number of nitrogens with zero attached hydrogens (tertiary/aromatic N) is 1. The molecule has 0 spiro atoms. The minimum atomic E-state index is -1.12. The van der Waals surface area contributed by atoms with E-state index in [-0.39, 0.29) is 18.7 Å². The fourth-order valence-electron chi connectivity index (χ4n) is 2.14. The van der Waals surface area contributed by atoms with E-state index in [0.717, 1.165) is 4.90 Å². The van der Waals surface area contributed by atoms with E-state index in [1.807, 2.05) is 0 Å². The second-order valence-corrected chi connectivity index (χ2v) is 4.66. The van der Waals surface area contributed by atoms with Gasteiger partial charge in [0.1, 0.15) is 11.8 Å². The number of hydrogen-bond acceptors (Lipinski definition) is 4. The molecule has 0 aliphatic carbocycles. The summed E-state index contributed by atoms with van der Waals surface area (Å²) in [6.45, 7) is 0.0235. The zero-order valence-corrected chi connectivity index (χ0v) is 10.6. The molecular formula is C14H15NO5. The van der Waals surface area contributed by atoms with Crippen LogP contribution in [0.15, 0.2) is 30.3 Å². The molecule has 1 aliphatic heterocycles. The molecule has 0 aromatic heterocycles. The lowest BCUT2D eigenvalue weighted by atomic mass is 10.2. The standard InChI is InChI=1S/C14H15NO5/c16-10-4-1-9(2-5-10)3-6-13(18)15-8-11(17)7-12(15)14(19)20/h1-6,11-12,16-17H,7-8H2,(H,19,20)/t11-,12-/m0/s1. The van der Waals surface area contributed by atoms with Gasteiger partial charge in [0.15, 0.2) is 0 Å². The van der Waals surface area contributed by atoms with Gasteiger partial charge in [-0.2, -0.15) is 0 Å². The maximum atomic E-state index is 12.0. The molecule has 0 radical (unpaired) electrons. The van der Waals surface area contributed by atoms with Crippen molar-refractivity contribution in [3.05, 3.63) is 35.9 Å². The number of likely N-dealkylation sites (tertiary alicyclic amines) is 1. The smallest absolute Gasteiger partial charge is 0.326 e. The lowest BCUT2D eigenvalue weighted by molar-refractivity contribution is -0.146. The van der Waals surface area contributed by atoms with E-state index < -0.39 is 24.0 Å². The van der Waals surface area contributed by atoms with Crippen molar-refractivity contribution in [2.45, 2.75) is 18.6 Å². The number of carboxylic acids is 1. The van der Waals surface area contributed by atoms with Crippen LogP contribution in [0.3, 0.4) is 0 Å². The Hall–Kier alpha value is -2.34. The van der Waals surface area contributed by atoms with E-state index in [1.54, 1.807) is 12.1 Å². The van der Waals surface area contributed by atoms with Gasteiger partial charge in [-0.1, -0.05) is 12.1 Å². The minimum absolute atomic E-state index is 0.0235. The Labute approximate surface area is 115 Å². The molecule has 0 bridgehead atoms. The zero-order valence-electron chi connectivity index (χ0n) is 10.6. The third-order valence-corrected chi connectivity index (χ3v) is 3.16. The number of β-amino-alcohol motifs (C(OH)–C–C–N with tert-alkyl or cyclic N) is 1. The van der Waals surface area contributed by atoms with Gasteiger partial charge in [-0.25, -0.2) is 4.79 Å². The van der Waals surface area contributed by atoms with Crippen molar-refractivity contribution in [1.82, 2.24) is 4.90 Å². The molecule has 1 saturated heterocycles. The number of aliphatic carboxylic acids is 1. The molecule has 1 aromatic rings. The van der Waals surface area contributed by atoms with Crippen LogP contribution in [0.1, 0.15) is 12.0 Å². The normalized spacial score (nSPS) is 22.4. The average Bonchev–Trinajstić information content (AvgIpc) is 2.80. The van der Waals surface area contributed by atoms with Crippen molar-refractivity contribution in [2.75, 3.05) is 6.54 Å². The number of aliphatic hydroxyl groups excluding tert-OH is 1. The number of carbonyl (C=O) groups excluding carboxylic acids is 1. The van der Waals surface area contributed by atoms with E-state index in [4.69, 9.17) is 10.2 Å². The molecule has 1 aliphatic rings. The number of aliphatic hydroxyl groups is 1. The Morgan fingerprint density at radius 3 is 2.50 bits per heavy atom. The number of carbonyl (C=O) groups is 2. The molecule has 6 heteroatoms. The summed E-state index contributed by atoms with van der Waals surface area (Å²) in [4.78, 5) is 24.1. The molecule has 0 saturated carbocycles. The van der Waals surface area contributed by atoms with E-state index in [0.29, 0.717) is 5.56 Å². The van der Waals surface area contributed by atoms with Crippen LogP contribution in [0.5, 0.6) is 5.75 Å². The molecular weight excluding hydrogens is 262 g/mol. The van der Waals surface area contributed by atoms with Crippen molar-refractivity contribution >= 4 is 18.0 Å². The van der Waals surface area contributed by atoms with Gasteiger partial charge in [-0.05, 0) is 23.8 Å². The van der Waals surface area contributed by atoms with Crippen LogP contribution < -0.4 is 0 Å². The number of phenols is 1. The summed E-state index contributed by atoms with van der Waals surface area (Å²) in [5.74, 6) is -1.45. The van der Waals surface area contributed by atoms with Crippen molar-refractivity contribution < 1.29 is 24.9 Å². The first kappa shape index (κ1) is 14.1. The van der Waals surface area contributed by atoms with E-state index in [2.05, 4.69) is 0 Å². The van der Waals surface area contributed by atoms with Crippen LogP contribution in [0.2, 0.25) is 0 Å². The topological polar surface area (TPSA) is 98.1 Å². The van der Waals surface area contributed by atoms with Crippen LogP contribution in [0.4, 0.5) is 0 Å². The molecule has 0 unspecified atom stereocenters. The van der Waals surface area contributed by atoms with Crippen molar-refractivity contribution in [1.29, 1.82) is 0 Å². The van der Waals surface area contributed by atoms with Gasteiger partial charge in [0, 0.05) is 19.0 Å². The number of hydrogen-bond donors (Lipinski definition) is 3. The molecule has 1 fully saturated rings. The van der Waals surface area contributed by atoms with Crippen molar-refractivity contribution in [3.8, 4) is 5.75 Å². The van der Waals surface area contributed by atoms with Crippen LogP contribution >= 0.6 is 0 Å². The molecule has 1 amide bonds. The van der Waals surface area contributed by atoms with Crippen LogP contribution in [0, 0.1) is 0 Å². The fraction of sp³-hybridized carbons (Fsp3) is 0.286. The quantitative estimate of drug-likeness (QED) is 0.697. The summed E-state index contributed by atoms with van der Waals surface area (Å²) >= 11 is 0. The number of amides is 1. The van der Waals surface area contributed by atoms with Gasteiger partial charge in [-0.3, -0.25) is 4.79 Å². The largest absolute Gasteiger partial charge is 0.508 e. The highest BCUT2D eigenvalue weighted by Crippen LogP contribution is 2.19. The maximum absolute atomic E-state index is 12.0. The summed E-state index contributed by atoms with van der Waals surface area (Å²) in [6.07, 6.45) is 2.04. The molecule has 20 heavy (non-hydrogen) atoms. The molecule has 6 nitrogen and oxygen atoms in total. The van der Waals surface area contributed by atoms with E-state index in [9.17, 15) is 14.7 Å². The first-order chi connectivity index (χ1) is 9.47. The van der Waals surface area contributed by atoms with Crippen LogP contribution in [0.25, 0.3) is 6.08 Å². The first-order valence-electron chi connectivity index (χ1n) is 6.16. The molecule has 2 atom stereocenters. The molecule has 3 N–H and O–H groups in total. The molecule has 2 rings (SSSR count).